The van der Waals surface area contributed by atoms with Crippen molar-refractivity contribution in [2.45, 2.75) is 19.9 Å². The maximum atomic E-state index is 12.1. The Morgan fingerprint density at radius 2 is 2.21 bits per heavy atom. The van der Waals surface area contributed by atoms with Crippen LogP contribution in [0.15, 0.2) is 18.5 Å². The summed E-state index contributed by atoms with van der Waals surface area (Å²) in [5, 5.41) is 3.85. The second-order valence-electron chi connectivity index (χ2n) is 3.13. The maximum absolute atomic E-state index is 12.1. The predicted octanol–water partition coefficient (Wildman–Crippen LogP) is 2.00. The number of aromatic nitrogens is 3. The lowest BCUT2D eigenvalue weighted by molar-refractivity contribution is 0.123. The zero-order valence-corrected chi connectivity index (χ0v) is 7.61. The summed E-state index contributed by atoms with van der Waals surface area (Å²) in [6.07, 6.45) is 0.798. The summed E-state index contributed by atoms with van der Waals surface area (Å²) in [5.41, 5.74) is 2.25. The van der Waals surface area contributed by atoms with Crippen LogP contribution in [0.2, 0.25) is 0 Å². The molecular formula is C9H9F2N3. The van der Waals surface area contributed by atoms with Crippen molar-refractivity contribution in [3.8, 4) is 0 Å². The van der Waals surface area contributed by atoms with Crippen molar-refractivity contribution >= 4 is 11.0 Å². The van der Waals surface area contributed by atoms with E-state index in [9.17, 15) is 8.78 Å². The molecule has 0 amide bonds. The number of nitrogens with zero attached hydrogens (tertiary/aromatic N) is 3. The largest absolute Gasteiger partial charge is 0.257 e. The Labute approximate surface area is 79.4 Å². The van der Waals surface area contributed by atoms with Crippen molar-refractivity contribution in [2.24, 2.45) is 0 Å². The van der Waals surface area contributed by atoms with E-state index in [1.807, 2.05) is 6.92 Å². The molecule has 0 aliphatic rings. The molecule has 0 atom stereocenters. The molecule has 0 aromatic carbocycles. The Kier molecular flexibility index (Phi) is 2.15. The molecule has 74 valence electrons. The van der Waals surface area contributed by atoms with Gasteiger partial charge in [0.2, 0.25) is 0 Å². The van der Waals surface area contributed by atoms with Gasteiger partial charge >= 0.3 is 0 Å². The van der Waals surface area contributed by atoms with E-state index in [1.165, 1.54) is 10.9 Å². The van der Waals surface area contributed by atoms with Crippen molar-refractivity contribution in [3.05, 3.63) is 24.0 Å². The Morgan fingerprint density at radius 1 is 1.43 bits per heavy atom. The fourth-order valence-corrected chi connectivity index (χ4v) is 1.33. The van der Waals surface area contributed by atoms with E-state index in [0.717, 1.165) is 5.56 Å². The number of fused-ring (bicyclic) bond motifs is 1. The molecule has 0 bridgehead atoms. The number of halogens is 2. The summed E-state index contributed by atoms with van der Waals surface area (Å²) in [5.74, 6) is 0. The number of pyridine rings is 1. The molecule has 0 aliphatic heterocycles. The monoisotopic (exact) mass is 197 g/mol. The molecule has 0 spiro atoms. The van der Waals surface area contributed by atoms with Crippen LogP contribution in [-0.2, 0) is 6.54 Å². The number of hydrogen-bond acceptors (Lipinski definition) is 2. The predicted molar refractivity (Wildman–Crippen MR) is 48.3 cm³/mol. The van der Waals surface area contributed by atoms with E-state index >= 15 is 0 Å². The van der Waals surface area contributed by atoms with Crippen molar-refractivity contribution in [1.29, 1.82) is 0 Å². The first-order valence-electron chi connectivity index (χ1n) is 4.23. The second-order valence-corrected chi connectivity index (χ2v) is 3.13. The van der Waals surface area contributed by atoms with Gasteiger partial charge in [-0.05, 0) is 18.6 Å². The minimum atomic E-state index is -2.39. The Hall–Kier alpha value is -1.52. The van der Waals surface area contributed by atoms with Gasteiger partial charge < -0.3 is 0 Å². The van der Waals surface area contributed by atoms with E-state index in [2.05, 4.69) is 10.1 Å². The third-order valence-electron chi connectivity index (χ3n) is 1.94. The molecule has 0 fully saturated rings. The molecular weight excluding hydrogens is 188 g/mol. The van der Waals surface area contributed by atoms with Crippen LogP contribution in [0.3, 0.4) is 0 Å². The molecule has 0 N–H and O–H groups in total. The quantitative estimate of drug-likeness (QED) is 0.737. The first-order valence-corrected chi connectivity index (χ1v) is 4.23. The first kappa shape index (κ1) is 9.05. The fraction of sp³-hybridized carbons (Fsp3) is 0.333. The SMILES string of the molecule is Cc1cnc2cnn(CC(F)F)c2c1. The van der Waals surface area contributed by atoms with Crippen molar-refractivity contribution in [2.75, 3.05) is 0 Å². The van der Waals surface area contributed by atoms with Crippen LogP contribution in [0.5, 0.6) is 0 Å². The van der Waals surface area contributed by atoms with Gasteiger partial charge in [-0.1, -0.05) is 0 Å². The van der Waals surface area contributed by atoms with Crippen LogP contribution in [0, 0.1) is 6.92 Å². The van der Waals surface area contributed by atoms with Crippen LogP contribution in [0.4, 0.5) is 8.78 Å². The Bertz CT molecular complexity index is 450. The van der Waals surface area contributed by atoms with Gasteiger partial charge in [-0.2, -0.15) is 5.10 Å². The summed E-state index contributed by atoms with van der Waals surface area (Å²) in [7, 11) is 0. The topological polar surface area (TPSA) is 30.7 Å². The van der Waals surface area contributed by atoms with Crippen LogP contribution >= 0.6 is 0 Å². The summed E-state index contributed by atoms with van der Waals surface area (Å²) in [6.45, 7) is 1.49. The van der Waals surface area contributed by atoms with Crippen LogP contribution in [0.1, 0.15) is 5.56 Å². The van der Waals surface area contributed by atoms with E-state index in [0.29, 0.717) is 11.0 Å². The van der Waals surface area contributed by atoms with Gasteiger partial charge in [-0.25, -0.2) is 8.78 Å². The number of aryl methyl sites for hydroxylation is 1. The average molecular weight is 197 g/mol. The number of hydrogen-bond donors (Lipinski definition) is 0. The third kappa shape index (κ3) is 1.57. The van der Waals surface area contributed by atoms with Gasteiger partial charge in [-0.15, -0.1) is 0 Å². The van der Waals surface area contributed by atoms with E-state index in [-0.39, 0.29) is 6.54 Å². The number of rotatable bonds is 2. The smallest absolute Gasteiger partial charge is 0.257 e. The zero-order chi connectivity index (χ0) is 10.1. The molecule has 2 aromatic heterocycles. The van der Waals surface area contributed by atoms with Crippen molar-refractivity contribution < 1.29 is 8.78 Å². The highest BCUT2D eigenvalue weighted by atomic mass is 19.3. The highest BCUT2D eigenvalue weighted by Crippen LogP contribution is 2.13. The molecule has 2 rings (SSSR count). The summed E-state index contributed by atoms with van der Waals surface area (Å²) >= 11 is 0. The van der Waals surface area contributed by atoms with Gasteiger partial charge in [-0.3, -0.25) is 9.67 Å². The molecule has 2 heterocycles. The van der Waals surface area contributed by atoms with Crippen LogP contribution < -0.4 is 0 Å². The molecule has 3 nitrogen and oxygen atoms in total. The van der Waals surface area contributed by atoms with Gasteiger partial charge in [0.25, 0.3) is 6.43 Å². The van der Waals surface area contributed by atoms with E-state index < -0.39 is 6.43 Å². The fourth-order valence-electron chi connectivity index (χ4n) is 1.33. The van der Waals surface area contributed by atoms with Gasteiger partial charge in [0, 0.05) is 6.20 Å². The lowest BCUT2D eigenvalue weighted by Gasteiger charge is -2.01. The van der Waals surface area contributed by atoms with Gasteiger partial charge in [0.15, 0.2) is 0 Å². The average Bonchev–Trinajstić information content (AvgIpc) is 2.47. The molecule has 2 aromatic rings. The van der Waals surface area contributed by atoms with Crippen LogP contribution in [0.25, 0.3) is 11.0 Å². The number of alkyl halides is 2. The molecule has 0 radical (unpaired) electrons. The molecule has 14 heavy (non-hydrogen) atoms. The minimum Gasteiger partial charge on any atom is -0.257 e. The molecule has 5 heteroatoms. The summed E-state index contributed by atoms with van der Waals surface area (Å²) < 4.78 is 25.6. The molecule has 0 saturated carbocycles. The van der Waals surface area contributed by atoms with Crippen LogP contribution in [-0.4, -0.2) is 21.2 Å². The van der Waals surface area contributed by atoms with Gasteiger partial charge in [0.05, 0.1) is 11.7 Å². The zero-order valence-electron chi connectivity index (χ0n) is 7.61. The molecule has 0 saturated heterocycles. The summed E-state index contributed by atoms with van der Waals surface area (Å²) in [4.78, 5) is 4.08. The summed E-state index contributed by atoms with van der Waals surface area (Å²) in [6, 6.07) is 1.80. The van der Waals surface area contributed by atoms with Gasteiger partial charge in [0.1, 0.15) is 12.1 Å². The van der Waals surface area contributed by atoms with Crippen molar-refractivity contribution in [3.63, 3.8) is 0 Å². The maximum Gasteiger partial charge on any atom is 0.257 e. The Morgan fingerprint density at radius 3 is 2.93 bits per heavy atom. The molecule has 0 unspecified atom stereocenters. The van der Waals surface area contributed by atoms with E-state index in [1.54, 1.807) is 12.3 Å². The standard InChI is InChI=1S/C9H9F2N3/c1-6-2-8-7(12-3-6)4-13-14(8)5-9(10)11/h2-4,9H,5H2,1H3. The third-order valence-corrected chi connectivity index (χ3v) is 1.94. The second kappa shape index (κ2) is 3.32. The van der Waals surface area contributed by atoms with Crippen molar-refractivity contribution in [1.82, 2.24) is 14.8 Å². The molecule has 0 aliphatic carbocycles. The van der Waals surface area contributed by atoms with E-state index in [4.69, 9.17) is 0 Å². The lowest BCUT2D eigenvalue weighted by atomic mass is 10.3. The minimum absolute atomic E-state index is 0.380. The lowest BCUT2D eigenvalue weighted by Crippen LogP contribution is -2.07. The highest BCUT2D eigenvalue weighted by Gasteiger charge is 2.08. The first-order chi connectivity index (χ1) is 6.66. The normalized spacial score (nSPS) is 11.4. The highest BCUT2D eigenvalue weighted by molar-refractivity contribution is 5.74. The Balaban J connectivity index is 2.50.